The number of hydrogen-bond acceptors (Lipinski definition) is 3. The maximum absolute atomic E-state index is 14.1. The molecule has 1 atom stereocenters. The molecular weight excluding hydrogens is 482 g/mol. The second-order valence-corrected chi connectivity index (χ2v) is 11.1. The van der Waals surface area contributed by atoms with Crippen LogP contribution in [0.2, 0.25) is 5.02 Å². The van der Waals surface area contributed by atoms with E-state index >= 15 is 0 Å². The molecule has 0 amide bonds. The number of carboxylic acid groups (broad SMARTS) is 1. The van der Waals surface area contributed by atoms with E-state index in [1.165, 1.54) is 22.2 Å². The molecule has 0 aliphatic heterocycles. The quantitative estimate of drug-likeness (QED) is 0.266. The van der Waals surface area contributed by atoms with Crippen molar-refractivity contribution in [2.24, 2.45) is 0 Å². The molecule has 4 rings (SSSR count). The Bertz CT molecular complexity index is 1520. The molecule has 0 bridgehead atoms. The lowest BCUT2D eigenvalue weighted by Gasteiger charge is -2.20. The standard InChI is InChI=1S/C28H26ClNO4S/c1-4-27(22-7-5-6-21(15-22)18(2)3)35(33,34)30-25(17-23-16-24(29)12-13-26(23)30)14-19-8-10-20(11-9-19)28(31)32/h4-13,15-18,27H,1,14H2,2-3H3,(H,31,32). The van der Waals surface area contributed by atoms with Crippen molar-refractivity contribution in [3.63, 3.8) is 0 Å². The lowest BCUT2D eigenvalue weighted by molar-refractivity contribution is 0.0697. The van der Waals surface area contributed by atoms with Crippen LogP contribution in [0.5, 0.6) is 0 Å². The number of carbonyl (C=O) groups is 1. The number of aromatic nitrogens is 1. The van der Waals surface area contributed by atoms with Crippen molar-refractivity contribution in [2.75, 3.05) is 0 Å². The van der Waals surface area contributed by atoms with E-state index in [0.717, 1.165) is 11.1 Å². The molecule has 1 heterocycles. The van der Waals surface area contributed by atoms with Crippen molar-refractivity contribution in [3.8, 4) is 0 Å². The van der Waals surface area contributed by atoms with Crippen LogP contribution in [0.3, 0.4) is 0 Å². The van der Waals surface area contributed by atoms with E-state index in [9.17, 15) is 18.3 Å². The molecule has 4 aromatic rings. The molecule has 1 unspecified atom stereocenters. The Morgan fingerprint density at radius 3 is 2.34 bits per heavy atom. The van der Waals surface area contributed by atoms with Crippen LogP contribution in [-0.2, 0) is 16.4 Å². The highest BCUT2D eigenvalue weighted by Gasteiger charge is 2.30. The maximum atomic E-state index is 14.1. The summed E-state index contributed by atoms with van der Waals surface area (Å²) in [6, 6.07) is 20.9. The van der Waals surface area contributed by atoms with Gasteiger partial charge in [-0.3, -0.25) is 0 Å². The number of halogens is 1. The molecule has 0 saturated carbocycles. The fraction of sp³-hybridized carbons (Fsp3) is 0.179. The lowest BCUT2D eigenvalue weighted by atomic mass is 10.00. The van der Waals surface area contributed by atoms with Crippen LogP contribution < -0.4 is 0 Å². The van der Waals surface area contributed by atoms with Crippen LogP contribution >= 0.6 is 11.6 Å². The van der Waals surface area contributed by atoms with Gasteiger partial charge in [-0.25, -0.2) is 17.2 Å². The Morgan fingerprint density at radius 1 is 1.03 bits per heavy atom. The summed E-state index contributed by atoms with van der Waals surface area (Å²) in [6.45, 7) is 7.98. The van der Waals surface area contributed by atoms with Crippen LogP contribution in [0.4, 0.5) is 0 Å². The molecule has 0 spiro atoms. The molecule has 0 radical (unpaired) electrons. The van der Waals surface area contributed by atoms with E-state index in [1.807, 2.05) is 30.3 Å². The van der Waals surface area contributed by atoms with Crippen molar-refractivity contribution in [1.29, 1.82) is 0 Å². The van der Waals surface area contributed by atoms with Gasteiger partial charge >= 0.3 is 5.97 Å². The largest absolute Gasteiger partial charge is 0.478 e. The predicted octanol–water partition coefficient (Wildman–Crippen LogP) is 6.81. The summed E-state index contributed by atoms with van der Waals surface area (Å²) in [7, 11) is -3.95. The number of nitrogens with zero attached hydrogens (tertiary/aromatic N) is 1. The van der Waals surface area contributed by atoms with Crippen molar-refractivity contribution in [2.45, 2.75) is 31.4 Å². The molecule has 3 aromatic carbocycles. The zero-order valence-electron chi connectivity index (χ0n) is 19.5. The van der Waals surface area contributed by atoms with Crippen LogP contribution in [0, 0.1) is 0 Å². The number of aromatic carboxylic acids is 1. The highest BCUT2D eigenvalue weighted by Crippen LogP contribution is 2.34. The van der Waals surface area contributed by atoms with Gasteiger partial charge in [0.05, 0.1) is 11.1 Å². The van der Waals surface area contributed by atoms with Crippen molar-refractivity contribution >= 4 is 38.5 Å². The third-order valence-corrected chi connectivity index (χ3v) is 8.35. The second-order valence-electron chi connectivity index (χ2n) is 8.81. The number of rotatable bonds is 8. The SMILES string of the molecule is C=CC(c1cccc(C(C)C)c1)S(=O)(=O)n1c(Cc2ccc(C(=O)O)cc2)cc2cc(Cl)ccc21. The van der Waals surface area contributed by atoms with Gasteiger partial charge in [-0.1, -0.05) is 67.9 Å². The number of benzene rings is 3. The van der Waals surface area contributed by atoms with Crippen molar-refractivity contribution in [3.05, 3.63) is 118 Å². The fourth-order valence-corrected chi connectivity index (χ4v) is 6.28. The van der Waals surface area contributed by atoms with Gasteiger partial charge < -0.3 is 5.11 Å². The minimum absolute atomic E-state index is 0.172. The summed E-state index contributed by atoms with van der Waals surface area (Å²) in [5.41, 5.74) is 3.74. The zero-order chi connectivity index (χ0) is 25.3. The molecular formula is C28H26ClNO4S. The molecule has 180 valence electrons. The average molecular weight is 508 g/mol. The zero-order valence-corrected chi connectivity index (χ0v) is 21.1. The number of carboxylic acids is 1. The molecule has 0 fully saturated rings. The lowest BCUT2D eigenvalue weighted by Crippen LogP contribution is -2.22. The van der Waals surface area contributed by atoms with Crippen LogP contribution in [0.15, 0.2) is 85.5 Å². The monoisotopic (exact) mass is 507 g/mol. The minimum Gasteiger partial charge on any atom is -0.478 e. The Labute approximate surface area is 210 Å². The molecule has 0 aliphatic carbocycles. The van der Waals surface area contributed by atoms with Gasteiger partial charge in [0, 0.05) is 22.5 Å². The van der Waals surface area contributed by atoms with Crippen molar-refractivity contribution in [1.82, 2.24) is 3.97 Å². The minimum atomic E-state index is -3.95. The summed E-state index contributed by atoms with van der Waals surface area (Å²) in [4.78, 5) is 11.2. The van der Waals surface area contributed by atoms with Gasteiger partial charge in [-0.05, 0) is 59.0 Å². The summed E-state index contributed by atoms with van der Waals surface area (Å²) < 4.78 is 29.7. The second kappa shape index (κ2) is 9.72. The van der Waals surface area contributed by atoms with Gasteiger partial charge in [0.25, 0.3) is 0 Å². The summed E-state index contributed by atoms with van der Waals surface area (Å²) in [5, 5.41) is 9.44. The highest BCUT2D eigenvalue weighted by molar-refractivity contribution is 7.90. The molecule has 0 saturated heterocycles. The van der Waals surface area contributed by atoms with E-state index in [-0.39, 0.29) is 11.5 Å². The molecule has 1 N–H and O–H groups in total. The third-order valence-electron chi connectivity index (χ3n) is 6.07. The van der Waals surface area contributed by atoms with Gasteiger partial charge in [-0.2, -0.15) is 0 Å². The third kappa shape index (κ3) is 4.90. The van der Waals surface area contributed by atoms with Gasteiger partial charge in [0.1, 0.15) is 5.25 Å². The molecule has 1 aromatic heterocycles. The Morgan fingerprint density at radius 2 is 1.71 bits per heavy atom. The summed E-state index contributed by atoms with van der Waals surface area (Å²) >= 11 is 6.20. The Kier molecular flexibility index (Phi) is 6.88. The van der Waals surface area contributed by atoms with Crippen molar-refractivity contribution < 1.29 is 18.3 Å². The first-order chi connectivity index (χ1) is 16.6. The number of fused-ring (bicyclic) bond motifs is 1. The molecule has 7 heteroatoms. The van der Waals surface area contributed by atoms with E-state index < -0.39 is 21.2 Å². The molecule has 35 heavy (non-hydrogen) atoms. The molecule has 5 nitrogen and oxygen atoms in total. The first-order valence-corrected chi connectivity index (χ1v) is 13.1. The van der Waals surface area contributed by atoms with Gasteiger partial charge in [0.15, 0.2) is 0 Å². The van der Waals surface area contributed by atoms with E-state index in [1.54, 1.807) is 30.3 Å². The van der Waals surface area contributed by atoms with Crippen LogP contribution in [0.25, 0.3) is 10.9 Å². The first kappa shape index (κ1) is 24.8. The van der Waals surface area contributed by atoms with E-state index in [4.69, 9.17) is 11.6 Å². The fourth-order valence-electron chi connectivity index (χ4n) is 4.25. The highest BCUT2D eigenvalue weighted by atomic mass is 35.5. The number of hydrogen-bond donors (Lipinski definition) is 1. The van der Waals surface area contributed by atoms with E-state index in [2.05, 4.69) is 20.4 Å². The van der Waals surface area contributed by atoms with Crippen LogP contribution in [0.1, 0.15) is 57.8 Å². The topological polar surface area (TPSA) is 76.4 Å². The maximum Gasteiger partial charge on any atom is 0.335 e. The normalized spacial score (nSPS) is 12.7. The molecule has 0 aliphatic rings. The summed E-state index contributed by atoms with van der Waals surface area (Å²) in [6.07, 6.45) is 1.75. The smallest absolute Gasteiger partial charge is 0.335 e. The first-order valence-electron chi connectivity index (χ1n) is 11.2. The van der Waals surface area contributed by atoms with Gasteiger partial charge in [0.2, 0.25) is 10.0 Å². The Balaban J connectivity index is 1.86. The van der Waals surface area contributed by atoms with Gasteiger partial charge in [-0.15, -0.1) is 6.58 Å². The van der Waals surface area contributed by atoms with E-state index in [0.29, 0.717) is 33.6 Å². The summed E-state index contributed by atoms with van der Waals surface area (Å²) in [5.74, 6) is -0.762. The van der Waals surface area contributed by atoms with Crippen LogP contribution in [-0.4, -0.2) is 23.5 Å². The average Bonchev–Trinajstić information content (AvgIpc) is 3.17. The Hall–Kier alpha value is -3.35. The predicted molar refractivity (Wildman–Crippen MR) is 141 cm³/mol.